The predicted molar refractivity (Wildman–Crippen MR) is 119 cm³/mol. The monoisotopic (exact) mass is 392 g/mol. The lowest BCUT2D eigenvalue weighted by atomic mass is 10.1. The van der Waals surface area contributed by atoms with Gasteiger partial charge in [-0.1, -0.05) is 18.2 Å². The van der Waals surface area contributed by atoms with E-state index in [4.69, 9.17) is 4.74 Å². The van der Waals surface area contributed by atoms with Crippen LogP contribution in [0.2, 0.25) is 0 Å². The second-order valence-electron chi connectivity index (χ2n) is 8.28. The Hall–Kier alpha value is -3.05. The molecule has 0 unspecified atom stereocenters. The number of amides is 1. The number of H-pyrrole nitrogens is 1. The quantitative estimate of drug-likeness (QED) is 0.453. The summed E-state index contributed by atoms with van der Waals surface area (Å²) in [4.78, 5) is 15.5. The average Bonchev–Trinajstić information content (AvgIpc) is 3.11. The zero-order valence-electron chi connectivity index (χ0n) is 17.7. The van der Waals surface area contributed by atoms with Crippen LogP contribution in [0.25, 0.3) is 17.0 Å². The van der Waals surface area contributed by atoms with Crippen LogP contribution in [0.5, 0.6) is 5.75 Å². The lowest BCUT2D eigenvalue weighted by molar-refractivity contribution is -0.870. The summed E-state index contributed by atoms with van der Waals surface area (Å²) in [5.74, 6) is 0.696. The fourth-order valence-electron chi connectivity index (χ4n) is 3.13. The molecule has 0 radical (unpaired) electrons. The van der Waals surface area contributed by atoms with Gasteiger partial charge in [-0.2, -0.15) is 0 Å². The minimum Gasteiger partial charge on any atom is -0.497 e. The van der Waals surface area contributed by atoms with Crippen molar-refractivity contribution in [2.75, 3.05) is 34.8 Å². The Bertz CT molecular complexity index is 995. The third-order valence-corrected chi connectivity index (χ3v) is 4.90. The largest absolute Gasteiger partial charge is 0.497 e. The first kappa shape index (κ1) is 20.7. The number of aromatic amines is 1. The molecule has 0 bridgehead atoms. The topological polar surface area (TPSA) is 54.1 Å². The summed E-state index contributed by atoms with van der Waals surface area (Å²) in [7, 11) is 8.24. The highest BCUT2D eigenvalue weighted by Crippen LogP contribution is 2.21. The van der Waals surface area contributed by atoms with E-state index in [1.54, 1.807) is 13.2 Å². The molecule has 152 valence electrons. The van der Waals surface area contributed by atoms with Crippen molar-refractivity contribution in [1.29, 1.82) is 0 Å². The van der Waals surface area contributed by atoms with Crippen LogP contribution in [-0.4, -0.2) is 50.2 Å². The average molecular weight is 393 g/mol. The maximum Gasteiger partial charge on any atom is 0.244 e. The number of hydrogen-bond donors (Lipinski definition) is 2. The number of aromatic nitrogens is 1. The van der Waals surface area contributed by atoms with Crippen molar-refractivity contribution >= 4 is 22.9 Å². The molecular weight excluding hydrogens is 362 g/mol. The molecule has 2 aromatic carbocycles. The number of ether oxygens (including phenoxy) is 1. The van der Waals surface area contributed by atoms with Gasteiger partial charge < -0.3 is 19.5 Å². The van der Waals surface area contributed by atoms with Gasteiger partial charge in [0.15, 0.2) is 0 Å². The van der Waals surface area contributed by atoms with E-state index in [0.717, 1.165) is 39.8 Å². The van der Waals surface area contributed by atoms with Gasteiger partial charge in [0.05, 0.1) is 34.8 Å². The summed E-state index contributed by atoms with van der Waals surface area (Å²) in [5, 5.41) is 4.13. The molecule has 3 aromatic rings. The van der Waals surface area contributed by atoms with Gasteiger partial charge in [0, 0.05) is 36.1 Å². The molecular formula is C24H30N3O2+. The highest BCUT2D eigenvalue weighted by molar-refractivity contribution is 5.93. The predicted octanol–water partition coefficient (Wildman–Crippen LogP) is 3.75. The second-order valence-corrected chi connectivity index (χ2v) is 8.28. The number of hydrogen-bond acceptors (Lipinski definition) is 2. The van der Waals surface area contributed by atoms with Crippen molar-refractivity contribution < 1.29 is 14.0 Å². The number of quaternary nitrogens is 1. The maximum absolute atomic E-state index is 12.2. The van der Waals surface area contributed by atoms with Crippen LogP contribution < -0.4 is 10.1 Å². The Labute approximate surface area is 172 Å². The minimum atomic E-state index is -0.111. The van der Waals surface area contributed by atoms with E-state index in [9.17, 15) is 4.79 Å². The van der Waals surface area contributed by atoms with Crippen LogP contribution in [0.15, 0.2) is 54.7 Å². The van der Waals surface area contributed by atoms with E-state index in [-0.39, 0.29) is 5.91 Å². The standard InChI is InChI=1S/C24H29N3O2/c1-27(2,3)14-13-20-17-25-23-11-7-18(15-22(20)23)8-12-24(28)26-16-19-5-9-21(29-4)10-6-19/h5-12,15,17H,13-14,16H2,1-4H3,(H-,25,26,28)/p+1. The van der Waals surface area contributed by atoms with Crippen molar-refractivity contribution in [1.82, 2.24) is 10.3 Å². The van der Waals surface area contributed by atoms with Gasteiger partial charge in [-0.05, 0) is 47.0 Å². The Morgan fingerprint density at radius 1 is 1.14 bits per heavy atom. The Morgan fingerprint density at radius 3 is 2.59 bits per heavy atom. The van der Waals surface area contributed by atoms with E-state index in [2.05, 4.69) is 49.8 Å². The van der Waals surface area contributed by atoms with Crippen molar-refractivity contribution in [3.05, 3.63) is 71.4 Å². The highest BCUT2D eigenvalue weighted by Gasteiger charge is 2.10. The van der Waals surface area contributed by atoms with Gasteiger partial charge in [-0.25, -0.2) is 0 Å². The molecule has 0 aliphatic heterocycles. The number of nitrogens with one attached hydrogen (secondary N) is 2. The van der Waals surface area contributed by atoms with Gasteiger partial charge in [0.25, 0.3) is 0 Å². The summed E-state index contributed by atoms with van der Waals surface area (Å²) in [5.41, 5.74) is 4.49. The molecule has 0 atom stereocenters. The molecule has 0 aliphatic rings. The number of nitrogens with zero attached hydrogens (tertiary/aromatic N) is 1. The Morgan fingerprint density at radius 2 is 1.90 bits per heavy atom. The molecule has 0 saturated carbocycles. The van der Waals surface area contributed by atoms with Gasteiger partial charge in [0.1, 0.15) is 5.75 Å². The fraction of sp³-hybridized carbons (Fsp3) is 0.292. The zero-order chi connectivity index (χ0) is 20.9. The lowest BCUT2D eigenvalue weighted by Crippen LogP contribution is -2.36. The fourth-order valence-corrected chi connectivity index (χ4v) is 3.13. The first-order valence-electron chi connectivity index (χ1n) is 9.83. The molecule has 5 heteroatoms. The van der Waals surface area contributed by atoms with E-state index < -0.39 is 0 Å². The molecule has 1 aromatic heterocycles. The summed E-state index contributed by atoms with van der Waals surface area (Å²) in [6, 6.07) is 13.9. The molecule has 1 heterocycles. The summed E-state index contributed by atoms with van der Waals surface area (Å²) < 4.78 is 6.08. The second kappa shape index (κ2) is 8.97. The number of fused-ring (bicyclic) bond motifs is 1. The number of benzene rings is 2. The molecule has 0 saturated heterocycles. The van der Waals surface area contributed by atoms with Gasteiger partial charge in [0.2, 0.25) is 5.91 Å². The summed E-state index contributed by atoms with van der Waals surface area (Å²) >= 11 is 0. The van der Waals surface area contributed by atoms with E-state index in [1.165, 1.54) is 10.9 Å². The summed E-state index contributed by atoms with van der Waals surface area (Å²) in [6.45, 7) is 1.56. The normalized spacial score (nSPS) is 11.9. The Kier molecular flexibility index (Phi) is 6.39. The van der Waals surface area contributed by atoms with Gasteiger partial charge >= 0.3 is 0 Å². The van der Waals surface area contributed by atoms with E-state index >= 15 is 0 Å². The highest BCUT2D eigenvalue weighted by atomic mass is 16.5. The van der Waals surface area contributed by atoms with Crippen molar-refractivity contribution in [2.24, 2.45) is 0 Å². The smallest absolute Gasteiger partial charge is 0.244 e. The number of likely N-dealkylation sites (N-methyl/N-ethyl adjacent to an activating group) is 1. The molecule has 29 heavy (non-hydrogen) atoms. The molecule has 0 spiro atoms. The molecule has 2 N–H and O–H groups in total. The number of methoxy groups -OCH3 is 1. The lowest BCUT2D eigenvalue weighted by Gasteiger charge is -2.23. The maximum atomic E-state index is 12.2. The van der Waals surface area contributed by atoms with Crippen LogP contribution in [0.1, 0.15) is 16.7 Å². The van der Waals surface area contributed by atoms with Gasteiger partial charge in [-0.3, -0.25) is 4.79 Å². The van der Waals surface area contributed by atoms with Crippen LogP contribution >= 0.6 is 0 Å². The molecule has 1 amide bonds. The zero-order valence-corrected chi connectivity index (χ0v) is 17.7. The third kappa shape index (κ3) is 5.96. The number of carbonyl (C=O) groups is 1. The first-order valence-corrected chi connectivity index (χ1v) is 9.83. The minimum absolute atomic E-state index is 0.111. The number of carbonyl (C=O) groups excluding carboxylic acids is 1. The van der Waals surface area contributed by atoms with E-state index in [1.807, 2.05) is 36.4 Å². The molecule has 0 fully saturated rings. The van der Waals surface area contributed by atoms with Crippen molar-refractivity contribution in [3.63, 3.8) is 0 Å². The Balaban J connectivity index is 1.62. The summed E-state index contributed by atoms with van der Waals surface area (Å²) in [6.07, 6.45) is 6.55. The van der Waals surface area contributed by atoms with Crippen LogP contribution in [0.3, 0.4) is 0 Å². The van der Waals surface area contributed by atoms with Gasteiger partial charge in [-0.15, -0.1) is 0 Å². The molecule has 5 nitrogen and oxygen atoms in total. The molecule has 3 rings (SSSR count). The van der Waals surface area contributed by atoms with Crippen LogP contribution in [-0.2, 0) is 17.8 Å². The first-order chi connectivity index (χ1) is 13.8. The van der Waals surface area contributed by atoms with Crippen molar-refractivity contribution in [2.45, 2.75) is 13.0 Å². The molecule has 0 aliphatic carbocycles. The number of rotatable bonds is 8. The van der Waals surface area contributed by atoms with E-state index in [0.29, 0.717) is 6.54 Å². The third-order valence-electron chi connectivity index (χ3n) is 4.90. The van der Waals surface area contributed by atoms with Crippen LogP contribution in [0.4, 0.5) is 0 Å². The van der Waals surface area contributed by atoms with Crippen molar-refractivity contribution in [3.8, 4) is 5.75 Å². The SMILES string of the molecule is COc1ccc(CNC(=O)C=Cc2ccc3[nH]cc(CC[N+](C)(C)C)c3c2)cc1. The van der Waals surface area contributed by atoms with Crippen LogP contribution in [0, 0.1) is 0 Å².